The molecule has 0 fully saturated rings. The van der Waals surface area contributed by atoms with Crippen LogP contribution in [-0.2, 0) is 17.8 Å². The molecule has 0 radical (unpaired) electrons. The molecule has 0 spiro atoms. The summed E-state index contributed by atoms with van der Waals surface area (Å²) in [5, 5.41) is 1.71. The first-order valence-corrected chi connectivity index (χ1v) is 8.80. The number of carbonyl (C=O) groups is 1. The molecule has 1 aliphatic heterocycles. The van der Waals surface area contributed by atoms with Crippen molar-refractivity contribution in [2.75, 3.05) is 6.54 Å². The van der Waals surface area contributed by atoms with Gasteiger partial charge in [0.05, 0.1) is 6.54 Å². The number of nitrogens with zero attached hydrogens (tertiary/aromatic N) is 1. The Bertz CT molecular complexity index is 989. The van der Waals surface area contributed by atoms with Gasteiger partial charge in [0.1, 0.15) is 0 Å². The van der Waals surface area contributed by atoms with Crippen molar-refractivity contribution in [1.29, 1.82) is 0 Å². The number of benzene rings is 1. The van der Waals surface area contributed by atoms with E-state index in [0.29, 0.717) is 24.9 Å². The number of fused-ring (bicyclic) bond motifs is 3. The Morgan fingerprint density at radius 1 is 1.23 bits per heavy atom. The second kappa shape index (κ2) is 8.32. The van der Waals surface area contributed by atoms with Crippen LogP contribution in [0.4, 0.5) is 0 Å². The summed E-state index contributed by atoms with van der Waals surface area (Å²) >= 11 is 0. The van der Waals surface area contributed by atoms with E-state index in [9.17, 15) is 9.59 Å². The summed E-state index contributed by atoms with van der Waals surface area (Å²) in [5.74, 6) is 0.0618. The molecule has 26 heavy (non-hydrogen) atoms. The molecular formula is C22H22N2O2. The summed E-state index contributed by atoms with van der Waals surface area (Å²) in [6, 6.07) is 7.64. The topological polar surface area (TPSA) is 53.2 Å². The quantitative estimate of drug-likeness (QED) is 0.679. The Morgan fingerprint density at radius 2 is 2.00 bits per heavy atom. The van der Waals surface area contributed by atoms with Crippen LogP contribution in [0.15, 0.2) is 71.2 Å². The Hall–Kier alpha value is -3.10. The summed E-state index contributed by atoms with van der Waals surface area (Å²) in [6.45, 7) is 3.07. The zero-order chi connectivity index (χ0) is 18.4. The van der Waals surface area contributed by atoms with Crippen molar-refractivity contribution in [2.24, 2.45) is 0 Å². The molecule has 0 atom stereocenters. The van der Waals surface area contributed by atoms with Gasteiger partial charge >= 0.3 is 0 Å². The van der Waals surface area contributed by atoms with Gasteiger partial charge in [0.2, 0.25) is 5.91 Å². The van der Waals surface area contributed by atoms with Crippen molar-refractivity contribution in [3.63, 3.8) is 0 Å². The van der Waals surface area contributed by atoms with Gasteiger partial charge in [-0.2, -0.15) is 0 Å². The predicted octanol–water partition coefficient (Wildman–Crippen LogP) is 3.65. The van der Waals surface area contributed by atoms with E-state index in [1.54, 1.807) is 11.0 Å². The highest BCUT2D eigenvalue weighted by molar-refractivity contribution is 5.86. The lowest BCUT2D eigenvalue weighted by Crippen LogP contribution is -2.37. The Balaban J connectivity index is 1.70. The zero-order valence-corrected chi connectivity index (χ0v) is 14.9. The minimum Gasteiger partial charge on any atom is -0.336 e. The highest BCUT2D eigenvalue weighted by atomic mass is 16.2. The number of pyridine rings is 1. The molecule has 1 aromatic carbocycles. The minimum atomic E-state index is -0.0911. The van der Waals surface area contributed by atoms with Crippen molar-refractivity contribution < 1.29 is 4.79 Å². The first-order valence-electron chi connectivity index (χ1n) is 8.80. The molecule has 1 aromatic heterocycles. The molecule has 2 heterocycles. The predicted molar refractivity (Wildman–Crippen MR) is 105 cm³/mol. The van der Waals surface area contributed by atoms with Crippen molar-refractivity contribution >= 4 is 16.7 Å². The van der Waals surface area contributed by atoms with Crippen LogP contribution in [0.1, 0.15) is 24.6 Å². The van der Waals surface area contributed by atoms with Gasteiger partial charge in [-0.1, -0.05) is 42.5 Å². The average molecular weight is 346 g/mol. The van der Waals surface area contributed by atoms with E-state index in [1.165, 1.54) is 0 Å². The Labute approximate surface area is 152 Å². The van der Waals surface area contributed by atoms with Crippen molar-refractivity contribution in [1.82, 2.24) is 9.88 Å². The maximum atomic E-state index is 12.4. The smallest absolute Gasteiger partial charge is 0.256 e. The number of aromatic nitrogens is 1. The highest BCUT2D eigenvalue weighted by Gasteiger charge is 2.22. The molecule has 0 saturated carbocycles. The minimum absolute atomic E-state index is 0.0618. The van der Waals surface area contributed by atoms with Crippen LogP contribution >= 0.6 is 0 Å². The fraction of sp³-hybridized carbons (Fsp3) is 0.227. The molecule has 2 aromatic rings. The number of allylic oxidation sites excluding steroid dienone is 4. The normalized spacial score (nSPS) is 13.8. The van der Waals surface area contributed by atoms with E-state index in [-0.39, 0.29) is 11.5 Å². The zero-order valence-electron chi connectivity index (χ0n) is 14.9. The molecule has 3 rings (SSSR count). The number of aromatic amines is 1. The summed E-state index contributed by atoms with van der Waals surface area (Å²) < 4.78 is 0. The fourth-order valence-corrected chi connectivity index (χ4v) is 3.17. The van der Waals surface area contributed by atoms with Gasteiger partial charge < -0.3 is 9.88 Å². The molecular weight excluding hydrogens is 324 g/mol. The standard InChI is InChI=1S/C22H22N2O2/c1-2-3-4-5-6-7-8-13-21(25)24-15-14-18-17-11-9-10-12-19(17)22(26)23-20(18)16-24/h2-4,6-12H,13-16H2,1H3,(H,23,26)/b3-2-,8-7+. The largest absolute Gasteiger partial charge is 0.336 e. The third-order valence-corrected chi connectivity index (χ3v) is 4.46. The molecule has 1 N–H and O–H groups in total. The van der Waals surface area contributed by atoms with E-state index in [0.717, 1.165) is 23.1 Å². The van der Waals surface area contributed by atoms with Crippen LogP contribution < -0.4 is 5.56 Å². The third-order valence-electron chi connectivity index (χ3n) is 4.46. The van der Waals surface area contributed by atoms with E-state index in [4.69, 9.17) is 0 Å². The molecule has 4 nitrogen and oxygen atoms in total. The number of hydrogen-bond acceptors (Lipinski definition) is 2. The molecule has 0 saturated heterocycles. The second-order valence-corrected chi connectivity index (χ2v) is 6.18. The summed E-state index contributed by atoms with van der Waals surface area (Å²) in [4.78, 5) is 29.4. The summed E-state index contributed by atoms with van der Waals surface area (Å²) in [5.41, 5.74) is 4.90. The van der Waals surface area contributed by atoms with Crippen LogP contribution in [0.25, 0.3) is 10.8 Å². The molecule has 0 bridgehead atoms. The molecule has 0 aliphatic carbocycles. The van der Waals surface area contributed by atoms with Gasteiger partial charge in [-0.25, -0.2) is 0 Å². The van der Waals surface area contributed by atoms with E-state index >= 15 is 0 Å². The number of nitrogens with one attached hydrogen (secondary N) is 1. The van der Waals surface area contributed by atoms with Gasteiger partial charge in [-0.15, -0.1) is 5.73 Å². The van der Waals surface area contributed by atoms with Crippen LogP contribution in [0, 0.1) is 0 Å². The van der Waals surface area contributed by atoms with E-state index in [2.05, 4.69) is 10.7 Å². The van der Waals surface area contributed by atoms with Gasteiger partial charge in [0.25, 0.3) is 5.56 Å². The molecule has 0 unspecified atom stereocenters. The number of hydrogen-bond donors (Lipinski definition) is 1. The third kappa shape index (κ3) is 3.93. The lowest BCUT2D eigenvalue weighted by Gasteiger charge is -2.29. The van der Waals surface area contributed by atoms with Gasteiger partial charge in [0.15, 0.2) is 0 Å². The van der Waals surface area contributed by atoms with E-state index < -0.39 is 0 Å². The first kappa shape index (κ1) is 17.7. The Morgan fingerprint density at radius 3 is 2.81 bits per heavy atom. The number of carbonyl (C=O) groups excluding carboxylic acids is 1. The maximum Gasteiger partial charge on any atom is 0.256 e. The maximum absolute atomic E-state index is 12.4. The summed E-state index contributed by atoms with van der Waals surface area (Å²) in [7, 11) is 0. The second-order valence-electron chi connectivity index (χ2n) is 6.18. The summed E-state index contributed by atoms with van der Waals surface area (Å²) in [6.07, 6.45) is 12.2. The van der Waals surface area contributed by atoms with Gasteiger partial charge in [-0.3, -0.25) is 9.59 Å². The SMILES string of the molecule is C/C=C\C=C=C/C=C/CC(=O)N1CCc2c([nH]c(=O)c3ccccc23)C1. The molecule has 1 amide bonds. The van der Waals surface area contributed by atoms with Crippen molar-refractivity contribution in [2.45, 2.75) is 26.3 Å². The monoisotopic (exact) mass is 346 g/mol. The average Bonchev–Trinajstić information content (AvgIpc) is 2.67. The molecule has 1 aliphatic rings. The Kier molecular flexibility index (Phi) is 5.67. The van der Waals surface area contributed by atoms with Crippen molar-refractivity contribution in [3.8, 4) is 0 Å². The van der Waals surface area contributed by atoms with Crippen molar-refractivity contribution in [3.05, 3.63) is 88.1 Å². The molecule has 132 valence electrons. The lowest BCUT2D eigenvalue weighted by atomic mass is 9.98. The lowest BCUT2D eigenvalue weighted by molar-refractivity contribution is -0.131. The first-order chi connectivity index (χ1) is 12.7. The highest BCUT2D eigenvalue weighted by Crippen LogP contribution is 2.24. The number of amides is 1. The number of rotatable bonds is 4. The van der Waals surface area contributed by atoms with E-state index in [1.807, 2.05) is 61.6 Å². The van der Waals surface area contributed by atoms with Gasteiger partial charge in [-0.05, 0) is 42.5 Å². The number of H-pyrrole nitrogens is 1. The van der Waals surface area contributed by atoms with Crippen LogP contribution in [0.3, 0.4) is 0 Å². The van der Waals surface area contributed by atoms with Crippen LogP contribution in [0.2, 0.25) is 0 Å². The molecule has 4 heteroatoms. The van der Waals surface area contributed by atoms with Crippen LogP contribution in [0.5, 0.6) is 0 Å². The van der Waals surface area contributed by atoms with Gasteiger partial charge in [0, 0.05) is 24.0 Å². The van der Waals surface area contributed by atoms with Crippen LogP contribution in [-0.4, -0.2) is 22.3 Å². The fourth-order valence-electron chi connectivity index (χ4n) is 3.17.